The normalized spacial score (nSPS) is 10.3. The van der Waals surface area contributed by atoms with Crippen molar-refractivity contribution in [1.82, 2.24) is 4.57 Å². The Morgan fingerprint density at radius 3 is 2.69 bits per heavy atom. The molecular weight excluding hydrogens is 200 g/mol. The first-order valence-corrected chi connectivity index (χ1v) is 5.17. The highest BCUT2D eigenvalue weighted by Crippen LogP contribution is 2.08. The minimum absolute atomic E-state index is 0.0664. The van der Waals surface area contributed by atoms with Gasteiger partial charge in [-0.1, -0.05) is 24.3 Å². The fraction of sp³-hybridized carbons (Fsp3) is 0.154. The maximum Gasteiger partial charge on any atom is 0.252 e. The fourth-order valence-electron chi connectivity index (χ4n) is 1.62. The van der Waals surface area contributed by atoms with Crippen LogP contribution in [-0.2, 0) is 6.54 Å². The van der Waals surface area contributed by atoms with Crippen LogP contribution in [0.2, 0.25) is 0 Å². The van der Waals surface area contributed by atoms with Gasteiger partial charge < -0.3 is 10.3 Å². The van der Waals surface area contributed by atoms with Gasteiger partial charge in [-0.3, -0.25) is 4.79 Å². The van der Waals surface area contributed by atoms with Crippen molar-refractivity contribution in [2.75, 3.05) is 5.73 Å². The van der Waals surface area contributed by atoms with Gasteiger partial charge in [0.25, 0.3) is 5.56 Å². The smallest absolute Gasteiger partial charge is 0.252 e. The van der Waals surface area contributed by atoms with Crippen molar-refractivity contribution in [3.63, 3.8) is 0 Å². The second-order valence-corrected chi connectivity index (χ2v) is 3.85. The molecule has 0 aliphatic carbocycles. The number of nitrogens with two attached hydrogens (primary N) is 1. The van der Waals surface area contributed by atoms with E-state index in [1.807, 2.05) is 31.2 Å². The zero-order valence-electron chi connectivity index (χ0n) is 9.18. The van der Waals surface area contributed by atoms with Crippen LogP contribution >= 0.6 is 0 Å². The Morgan fingerprint density at radius 1 is 1.25 bits per heavy atom. The lowest BCUT2D eigenvalue weighted by atomic mass is 10.1. The van der Waals surface area contributed by atoms with Gasteiger partial charge in [0.15, 0.2) is 0 Å². The SMILES string of the molecule is Cc1ccccc1Cn1ccc(N)cc1=O. The molecule has 0 unspecified atom stereocenters. The Labute approximate surface area is 94.1 Å². The van der Waals surface area contributed by atoms with E-state index >= 15 is 0 Å². The van der Waals surface area contributed by atoms with E-state index in [1.165, 1.54) is 11.6 Å². The van der Waals surface area contributed by atoms with Gasteiger partial charge in [0.05, 0.1) is 6.54 Å². The van der Waals surface area contributed by atoms with Gasteiger partial charge in [-0.2, -0.15) is 0 Å². The summed E-state index contributed by atoms with van der Waals surface area (Å²) in [5.41, 5.74) is 8.31. The lowest BCUT2D eigenvalue weighted by Gasteiger charge is -2.08. The van der Waals surface area contributed by atoms with Crippen LogP contribution in [0.3, 0.4) is 0 Å². The third-order valence-electron chi connectivity index (χ3n) is 2.62. The molecule has 0 spiro atoms. The summed E-state index contributed by atoms with van der Waals surface area (Å²) in [5.74, 6) is 0. The molecule has 0 bridgehead atoms. The van der Waals surface area contributed by atoms with Gasteiger partial charge in [0.2, 0.25) is 0 Å². The molecule has 1 heterocycles. The Bertz CT molecular complexity index is 558. The topological polar surface area (TPSA) is 48.0 Å². The summed E-state index contributed by atoms with van der Waals surface area (Å²) in [6.45, 7) is 2.63. The molecule has 0 fully saturated rings. The summed E-state index contributed by atoms with van der Waals surface area (Å²) in [7, 11) is 0. The highest BCUT2D eigenvalue weighted by atomic mass is 16.1. The number of anilines is 1. The maximum absolute atomic E-state index is 11.6. The molecule has 3 heteroatoms. The molecule has 0 radical (unpaired) electrons. The number of rotatable bonds is 2. The molecule has 2 aromatic rings. The molecule has 1 aromatic carbocycles. The summed E-state index contributed by atoms with van der Waals surface area (Å²) in [5, 5.41) is 0. The third kappa shape index (κ3) is 2.14. The highest BCUT2D eigenvalue weighted by Gasteiger charge is 2.00. The molecule has 3 nitrogen and oxygen atoms in total. The molecule has 16 heavy (non-hydrogen) atoms. The summed E-state index contributed by atoms with van der Waals surface area (Å²) < 4.78 is 1.65. The van der Waals surface area contributed by atoms with E-state index in [1.54, 1.807) is 16.8 Å². The molecule has 0 atom stereocenters. The van der Waals surface area contributed by atoms with Crippen molar-refractivity contribution in [3.05, 3.63) is 64.1 Å². The van der Waals surface area contributed by atoms with Crippen molar-refractivity contribution in [1.29, 1.82) is 0 Å². The van der Waals surface area contributed by atoms with Crippen LogP contribution in [-0.4, -0.2) is 4.57 Å². The van der Waals surface area contributed by atoms with Crippen LogP contribution in [0, 0.1) is 6.92 Å². The molecule has 1 aromatic heterocycles. The number of hydrogen-bond donors (Lipinski definition) is 1. The average molecular weight is 214 g/mol. The number of nitrogens with zero attached hydrogens (tertiary/aromatic N) is 1. The molecule has 2 N–H and O–H groups in total. The molecule has 82 valence electrons. The van der Waals surface area contributed by atoms with E-state index in [2.05, 4.69) is 0 Å². The summed E-state index contributed by atoms with van der Waals surface area (Å²) in [4.78, 5) is 11.6. The van der Waals surface area contributed by atoms with Crippen molar-refractivity contribution in [2.24, 2.45) is 0 Å². The van der Waals surface area contributed by atoms with E-state index in [4.69, 9.17) is 5.73 Å². The number of nitrogen functional groups attached to an aromatic ring is 1. The van der Waals surface area contributed by atoms with Crippen LogP contribution in [0.15, 0.2) is 47.4 Å². The Morgan fingerprint density at radius 2 is 2.00 bits per heavy atom. The summed E-state index contributed by atoms with van der Waals surface area (Å²) in [6, 6.07) is 11.2. The van der Waals surface area contributed by atoms with E-state index in [-0.39, 0.29) is 5.56 Å². The van der Waals surface area contributed by atoms with E-state index in [0.717, 1.165) is 5.56 Å². The molecule has 0 aliphatic rings. The Hall–Kier alpha value is -2.03. The number of aryl methyl sites for hydroxylation is 1. The van der Waals surface area contributed by atoms with Crippen LogP contribution in [0.5, 0.6) is 0 Å². The Balaban J connectivity index is 2.35. The van der Waals surface area contributed by atoms with Gasteiger partial charge in [-0.25, -0.2) is 0 Å². The largest absolute Gasteiger partial charge is 0.399 e. The number of hydrogen-bond acceptors (Lipinski definition) is 2. The van der Waals surface area contributed by atoms with Crippen LogP contribution < -0.4 is 11.3 Å². The van der Waals surface area contributed by atoms with Crippen molar-refractivity contribution in [2.45, 2.75) is 13.5 Å². The van der Waals surface area contributed by atoms with Crippen LogP contribution in [0.4, 0.5) is 5.69 Å². The summed E-state index contributed by atoms with van der Waals surface area (Å²) >= 11 is 0. The predicted octanol–water partition coefficient (Wildman–Crippen LogP) is 1.79. The first-order valence-electron chi connectivity index (χ1n) is 5.17. The zero-order chi connectivity index (χ0) is 11.5. The molecule has 0 saturated heterocycles. The van der Waals surface area contributed by atoms with E-state index in [9.17, 15) is 4.79 Å². The molecular formula is C13H14N2O. The molecule has 0 aliphatic heterocycles. The van der Waals surface area contributed by atoms with Gasteiger partial charge in [0.1, 0.15) is 0 Å². The second kappa shape index (κ2) is 4.23. The monoisotopic (exact) mass is 214 g/mol. The lowest BCUT2D eigenvalue weighted by molar-refractivity contribution is 0.756. The van der Waals surface area contributed by atoms with Gasteiger partial charge >= 0.3 is 0 Å². The molecule has 0 saturated carbocycles. The second-order valence-electron chi connectivity index (χ2n) is 3.85. The van der Waals surface area contributed by atoms with E-state index in [0.29, 0.717) is 12.2 Å². The first-order chi connectivity index (χ1) is 7.66. The number of aromatic nitrogens is 1. The predicted molar refractivity (Wildman–Crippen MR) is 65.4 cm³/mol. The average Bonchev–Trinajstić information content (AvgIpc) is 2.25. The van der Waals surface area contributed by atoms with E-state index < -0.39 is 0 Å². The summed E-state index contributed by atoms with van der Waals surface area (Å²) in [6.07, 6.45) is 1.73. The fourth-order valence-corrected chi connectivity index (χ4v) is 1.62. The van der Waals surface area contributed by atoms with Gasteiger partial charge in [-0.05, 0) is 24.1 Å². The van der Waals surface area contributed by atoms with Gasteiger partial charge in [0, 0.05) is 18.0 Å². The molecule has 0 amide bonds. The maximum atomic E-state index is 11.6. The van der Waals surface area contributed by atoms with Crippen molar-refractivity contribution in [3.8, 4) is 0 Å². The number of pyridine rings is 1. The first kappa shape index (κ1) is 10.5. The van der Waals surface area contributed by atoms with Crippen LogP contribution in [0.25, 0.3) is 0 Å². The third-order valence-corrected chi connectivity index (χ3v) is 2.62. The minimum atomic E-state index is -0.0664. The number of benzene rings is 1. The van der Waals surface area contributed by atoms with Crippen molar-refractivity contribution < 1.29 is 0 Å². The molecule has 2 rings (SSSR count). The zero-order valence-corrected chi connectivity index (χ0v) is 9.18. The highest BCUT2D eigenvalue weighted by molar-refractivity contribution is 5.35. The van der Waals surface area contributed by atoms with Crippen molar-refractivity contribution >= 4 is 5.69 Å². The van der Waals surface area contributed by atoms with Gasteiger partial charge in [-0.15, -0.1) is 0 Å². The Kier molecular flexibility index (Phi) is 2.77. The standard InChI is InChI=1S/C13H14N2O/c1-10-4-2-3-5-11(10)9-15-7-6-12(14)8-13(15)16/h2-8H,9,14H2,1H3. The lowest BCUT2D eigenvalue weighted by Crippen LogP contribution is -2.19. The van der Waals surface area contributed by atoms with Crippen LogP contribution in [0.1, 0.15) is 11.1 Å². The minimum Gasteiger partial charge on any atom is -0.399 e. The quantitative estimate of drug-likeness (QED) is 0.828.